The van der Waals surface area contributed by atoms with Crippen molar-refractivity contribution >= 4 is 34.9 Å². The molecule has 0 saturated carbocycles. The summed E-state index contributed by atoms with van der Waals surface area (Å²) in [6.45, 7) is 0.461. The van der Waals surface area contributed by atoms with Gasteiger partial charge in [0.05, 0.1) is 35.5 Å². The van der Waals surface area contributed by atoms with Gasteiger partial charge in [0.2, 0.25) is 0 Å². The molecule has 0 aliphatic carbocycles. The van der Waals surface area contributed by atoms with Gasteiger partial charge in [-0.25, -0.2) is 9.18 Å². The number of benzene rings is 4. The van der Waals surface area contributed by atoms with Crippen molar-refractivity contribution in [1.29, 1.82) is 0 Å². The third kappa shape index (κ3) is 7.30. The quantitative estimate of drug-likeness (QED) is 0.147. The zero-order valence-electron chi connectivity index (χ0n) is 24.0. The molecule has 0 saturated heterocycles. The van der Waals surface area contributed by atoms with E-state index >= 15 is 0 Å². The minimum absolute atomic E-state index is 0.215. The van der Waals surface area contributed by atoms with Crippen molar-refractivity contribution in [3.8, 4) is 22.6 Å². The monoisotopic (exact) mass is 630 g/mol. The SMILES string of the molecule is COc1ccc([C@H](Cc2c(Cl)cncc2Cl)OC(=O)c2ccc(-c3cccc(CNc4ccccc4F)c3)cc2)cc1OC. The first-order valence-electron chi connectivity index (χ1n) is 13.7. The molecule has 44 heavy (non-hydrogen) atoms. The van der Waals surface area contributed by atoms with E-state index in [0.29, 0.717) is 50.5 Å². The topological polar surface area (TPSA) is 69.7 Å². The highest BCUT2D eigenvalue weighted by atomic mass is 35.5. The van der Waals surface area contributed by atoms with Crippen LogP contribution in [0.1, 0.15) is 33.2 Å². The number of anilines is 1. The van der Waals surface area contributed by atoms with Crippen LogP contribution < -0.4 is 14.8 Å². The molecular weight excluding hydrogens is 602 g/mol. The fraction of sp³-hybridized carbons (Fsp3) is 0.143. The van der Waals surface area contributed by atoms with Gasteiger partial charge in [0.1, 0.15) is 11.9 Å². The normalized spacial score (nSPS) is 11.5. The summed E-state index contributed by atoms with van der Waals surface area (Å²) in [5, 5.41) is 3.87. The van der Waals surface area contributed by atoms with Gasteiger partial charge in [-0.05, 0) is 70.3 Å². The summed E-state index contributed by atoms with van der Waals surface area (Å²) in [5.41, 5.74) is 4.97. The van der Waals surface area contributed by atoms with E-state index in [1.807, 2.05) is 36.4 Å². The molecular formula is C35H29Cl2FN2O4. The molecule has 9 heteroatoms. The molecule has 0 spiro atoms. The standard InChI is InChI=1S/C35H29Cl2FN2O4/c1-42-32-15-14-26(17-34(32)43-2)33(18-27-28(36)20-39-21-29(27)37)44-35(41)24-12-10-23(11-13-24)25-7-5-6-22(16-25)19-40-31-9-4-3-8-30(31)38/h3-17,20-21,33,40H,18-19H2,1-2H3/t33-/m0/s1. The molecule has 1 aromatic heterocycles. The summed E-state index contributed by atoms with van der Waals surface area (Å²) in [6.07, 6.45) is 2.48. The van der Waals surface area contributed by atoms with Crippen LogP contribution in [0, 0.1) is 5.82 Å². The highest BCUT2D eigenvalue weighted by Crippen LogP contribution is 2.35. The smallest absolute Gasteiger partial charge is 0.338 e. The predicted octanol–water partition coefficient (Wildman–Crippen LogP) is 8.96. The molecule has 224 valence electrons. The molecule has 1 N–H and O–H groups in total. The molecule has 0 radical (unpaired) electrons. The minimum atomic E-state index is -0.738. The molecule has 0 fully saturated rings. The van der Waals surface area contributed by atoms with Crippen LogP contribution in [0.2, 0.25) is 10.0 Å². The van der Waals surface area contributed by atoms with E-state index in [0.717, 1.165) is 16.7 Å². The van der Waals surface area contributed by atoms with Crippen LogP contribution in [0.25, 0.3) is 11.1 Å². The highest BCUT2D eigenvalue weighted by Gasteiger charge is 2.23. The maximum atomic E-state index is 14.0. The molecule has 1 heterocycles. The van der Waals surface area contributed by atoms with E-state index < -0.39 is 12.1 Å². The fourth-order valence-corrected chi connectivity index (χ4v) is 5.28. The zero-order valence-corrected chi connectivity index (χ0v) is 25.5. The van der Waals surface area contributed by atoms with Gasteiger partial charge >= 0.3 is 5.97 Å². The fourth-order valence-electron chi connectivity index (χ4n) is 4.76. The average Bonchev–Trinajstić information content (AvgIpc) is 3.05. The molecule has 6 nitrogen and oxygen atoms in total. The summed E-state index contributed by atoms with van der Waals surface area (Å²) in [5.74, 6) is 0.226. The zero-order chi connectivity index (χ0) is 31.1. The molecule has 0 amide bonds. The number of methoxy groups -OCH3 is 2. The molecule has 1 atom stereocenters. The number of halogens is 3. The number of carbonyl (C=O) groups excluding carboxylic acids is 1. The molecule has 5 aromatic rings. The van der Waals surface area contributed by atoms with Crippen molar-refractivity contribution in [3.05, 3.63) is 142 Å². The molecule has 5 rings (SSSR count). The van der Waals surface area contributed by atoms with Gasteiger partial charge in [-0.1, -0.05) is 71.7 Å². The first kappa shape index (κ1) is 30.9. The Morgan fingerprint density at radius 1 is 0.841 bits per heavy atom. The number of ether oxygens (including phenoxy) is 3. The van der Waals surface area contributed by atoms with E-state index in [1.165, 1.54) is 25.6 Å². The van der Waals surface area contributed by atoms with Crippen LogP contribution in [0.4, 0.5) is 10.1 Å². The molecule has 0 aliphatic heterocycles. The first-order chi connectivity index (χ1) is 21.4. The lowest BCUT2D eigenvalue weighted by Crippen LogP contribution is -2.15. The number of rotatable bonds is 11. The second-order valence-corrected chi connectivity index (χ2v) is 10.7. The van der Waals surface area contributed by atoms with Crippen LogP contribution in [0.3, 0.4) is 0 Å². The maximum absolute atomic E-state index is 14.0. The van der Waals surface area contributed by atoms with Crippen molar-refractivity contribution in [2.45, 2.75) is 19.1 Å². The third-order valence-electron chi connectivity index (χ3n) is 7.11. The average molecular weight is 632 g/mol. The number of aromatic nitrogens is 1. The second-order valence-electron chi connectivity index (χ2n) is 9.91. The molecule has 4 aromatic carbocycles. The van der Waals surface area contributed by atoms with Crippen LogP contribution in [0.5, 0.6) is 11.5 Å². The van der Waals surface area contributed by atoms with E-state index in [2.05, 4.69) is 10.3 Å². The van der Waals surface area contributed by atoms with Crippen LogP contribution in [-0.2, 0) is 17.7 Å². The van der Waals surface area contributed by atoms with E-state index in [9.17, 15) is 9.18 Å². The van der Waals surface area contributed by atoms with Crippen LogP contribution in [-0.4, -0.2) is 25.2 Å². The largest absolute Gasteiger partial charge is 0.493 e. The van der Waals surface area contributed by atoms with Gasteiger partial charge in [-0.2, -0.15) is 0 Å². The Bertz CT molecular complexity index is 1740. The lowest BCUT2D eigenvalue weighted by atomic mass is 10.0. The number of carbonyl (C=O) groups is 1. The van der Waals surface area contributed by atoms with Crippen LogP contribution in [0.15, 0.2) is 103 Å². The number of esters is 1. The summed E-state index contributed by atoms with van der Waals surface area (Å²) < 4.78 is 30.9. The molecule has 0 aliphatic rings. The van der Waals surface area contributed by atoms with E-state index in [4.69, 9.17) is 37.4 Å². The number of nitrogens with one attached hydrogen (secondary N) is 1. The van der Waals surface area contributed by atoms with Crippen molar-refractivity contribution in [1.82, 2.24) is 4.98 Å². The minimum Gasteiger partial charge on any atom is -0.493 e. The highest BCUT2D eigenvalue weighted by molar-refractivity contribution is 6.35. The Morgan fingerprint density at radius 2 is 1.57 bits per heavy atom. The van der Waals surface area contributed by atoms with Crippen LogP contribution >= 0.6 is 23.2 Å². The van der Waals surface area contributed by atoms with Gasteiger partial charge in [0.25, 0.3) is 0 Å². The van der Waals surface area contributed by atoms with Crippen molar-refractivity contribution in [2.75, 3.05) is 19.5 Å². The number of hydrogen-bond donors (Lipinski definition) is 1. The summed E-state index contributed by atoms with van der Waals surface area (Å²) in [4.78, 5) is 17.4. The van der Waals surface area contributed by atoms with Gasteiger partial charge < -0.3 is 19.5 Å². The Labute approximate surface area is 265 Å². The first-order valence-corrected chi connectivity index (χ1v) is 14.5. The predicted molar refractivity (Wildman–Crippen MR) is 171 cm³/mol. The lowest BCUT2D eigenvalue weighted by Gasteiger charge is -2.21. The number of para-hydroxylation sites is 1. The summed E-state index contributed by atoms with van der Waals surface area (Å²) in [7, 11) is 3.09. The Kier molecular flexibility index (Phi) is 10.00. The summed E-state index contributed by atoms with van der Waals surface area (Å²) >= 11 is 12.8. The summed E-state index contributed by atoms with van der Waals surface area (Å²) in [6, 6.07) is 27.0. The number of nitrogens with zero attached hydrogens (tertiary/aromatic N) is 1. The maximum Gasteiger partial charge on any atom is 0.338 e. The molecule has 0 unspecified atom stereocenters. The number of pyridine rings is 1. The Morgan fingerprint density at radius 3 is 2.27 bits per heavy atom. The van der Waals surface area contributed by atoms with E-state index in [1.54, 1.807) is 55.6 Å². The van der Waals surface area contributed by atoms with Gasteiger partial charge in [-0.3, -0.25) is 4.98 Å². The van der Waals surface area contributed by atoms with Gasteiger partial charge in [-0.15, -0.1) is 0 Å². The Balaban J connectivity index is 1.35. The van der Waals surface area contributed by atoms with Gasteiger partial charge in [0.15, 0.2) is 11.5 Å². The van der Waals surface area contributed by atoms with Crippen molar-refractivity contribution in [2.24, 2.45) is 0 Å². The lowest BCUT2D eigenvalue weighted by molar-refractivity contribution is 0.0297. The number of hydrogen-bond acceptors (Lipinski definition) is 6. The Hall–Kier alpha value is -4.59. The van der Waals surface area contributed by atoms with E-state index in [-0.39, 0.29) is 12.2 Å². The second kappa shape index (κ2) is 14.3. The van der Waals surface area contributed by atoms with Gasteiger partial charge in [0, 0.05) is 25.4 Å². The molecule has 0 bridgehead atoms. The van der Waals surface area contributed by atoms with Crippen molar-refractivity contribution < 1.29 is 23.4 Å². The third-order valence-corrected chi connectivity index (χ3v) is 7.76. The van der Waals surface area contributed by atoms with Crippen molar-refractivity contribution in [3.63, 3.8) is 0 Å².